The van der Waals surface area contributed by atoms with Crippen molar-refractivity contribution < 1.29 is 8.42 Å². The van der Waals surface area contributed by atoms with Crippen LogP contribution in [0.25, 0.3) is 0 Å². The molecule has 3 nitrogen and oxygen atoms in total. The SMILES string of the molecule is O=S(=O)(NC1CCCCC1CBr)C1CCCCC1. The minimum Gasteiger partial charge on any atom is -0.212 e. The first-order chi connectivity index (χ1) is 8.63. The number of rotatable bonds is 4. The normalized spacial score (nSPS) is 31.4. The monoisotopic (exact) mass is 337 g/mol. The van der Waals surface area contributed by atoms with Crippen molar-refractivity contribution in [2.45, 2.75) is 69.1 Å². The van der Waals surface area contributed by atoms with E-state index in [0.717, 1.165) is 50.3 Å². The van der Waals surface area contributed by atoms with E-state index in [1.54, 1.807) is 0 Å². The van der Waals surface area contributed by atoms with Crippen LogP contribution >= 0.6 is 15.9 Å². The second kappa shape index (κ2) is 6.71. The molecule has 2 fully saturated rings. The molecule has 0 saturated heterocycles. The Morgan fingerprint density at radius 1 is 0.944 bits per heavy atom. The first-order valence-electron chi connectivity index (χ1n) is 7.20. The zero-order chi connectivity index (χ0) is 13.0. The van der Waals surface area contributed by atoms with Gasteiger partial charge in [-0.15, -0.1) is 0 Å². The van der Waals surface area contributed by atoms with Crippen LogP contribution in [0.2, 0.25) is 0 Å². The average Bonchev–Trinajstić information content (AvgIpc) is 2.40. The van der Waals surface area contributed by atoms with Gasteiger partial charge in [-0.05, 0) is 31.6 Å². The molecule has 2 unspecified atom stereocenters. The van der Waals surface area contributed by atoms with Crippen molar-refractivity contribution in [2.24, 2.45) is 5.92 Å². The minimum atomic E-state index is -3.10. The van der Waals surface area contributed by atoms with Crippen LogP contribution in [0.5, 0.6) is 0 Å². The van der Waals surface area contributed by atoms with E-state index in [1.165, 1.54) is 12.8 Å². The Hall–Kier alpha value is 0.390. The van der Waals surface area contributed by atoms with Crippen LogP contribution in [0.15, 0.2) is 0 Å². The molecular weight excluding hydrogens is 314 g/mol. The molecule has 2 aliphatic rings. The third-order valence-electron chi connectivity index (χ3n) is 4.41. The fraction of sp³-hybridized carbons (Fsp3) is 1.00. The summed E-state index contributed by atoms with van der Waals surface area (Å²) in [5.41, 5.74) is 0. The van der Waals surface area contributed by atoms with Gasteiger partial charge in [0.25, 0.3) is 0 Å². The number of halogens is 1. The van der Waals surface area contributed by atoms with Crippen LogP contribution < -0.4 is 4.72 Å². The summed E-state index contributed by atoms with van der Waals surface area (Å²) < 4.78 is 27.8. The molecule has 0 amide bonds. The Kier molecular flexibility index (Phi) is 5.51. The van der Waals surface area contributed by atoms with E-state index in [0.29, 0.717) is 5.92 Å². The van der Waals surface area contributed by atoms with Gasteiger partial charge in [-0.1, -0.05) is 48.0 Å². The molecule has 106 valence electrons. The molecule has 0 spiro atoms. The van der Waals surface area contributed by atoms with Crippen molar-refractivity contribution in [1.82, 2.24) is 4.72 Å². The molecule has 18 heavy (non-hydrogen) atoms. The number of sulfonamides is 1. The molecule has 5 heteroatoms. The summed E-state index contributed by atoms with van der Waals surface area (Å²) in [4.78, 5) is 0. The van der Waals surface area contributed by atoms with Crippen LogP contribution in [0.3, 0.4) is 0 Å². The molecular formula is C13H24BrNO2S. The zero-order valence-electron chi connectivity index (χ0n) is 10.9. The lowest BCUT2D eigenvalue weighted by atomic mass is 9.87. The van der Waals surface area contributed by atoms with Crippen LogP contribution in [0, 0.1) is 5.92 Å². The van der Waals surface area contributed by atoms with Crippen molar-refractivity contribution >= 4 is 26.0 Å². The van der Waals surface area contributed by atoms with E-state index in [4.69, 9.17) is 0 Å². The predicted octanol–water partition coefficient (Wildman–Crippen LogP) is 3.19. The first-order valence-corrected chi connectivity index (χ1v) is 9.87. The third-order valence-corrected chi connectivity index (χ3v) is 7.23. The summed E-state index contributed by atoms with van der Waals surface area (Å²) in [6, 6.07) is 0.157. The van der Waals surface area contributed by atoms with Gasteiger partial charge < -0.3 is 0 Å². The van der Waals surface area contributed by atoms with Crippen molar-refractivity contribution in [3.8, 4) is 0 Å². The van der Waals surface area contributed by atoms with Gasteiger partial charge in [0, 0.05) is 11.4 Å². The highest BCUT2D eigenvalue weighted by Crippen LogP contribution is 2.29. The number of hydrogen-bond donors (Lipinski definition) is 1. The van der Waals surface area contributed by atoms with Gasteiger partial charge in [0.2, 0.25) is 10.0 Å². The van der Waals surface area contributed by atoms with Gasteiger partial charge in [-0.25, -0.2) is 13.1 Å². The molecule has 0 aromatic carbocycles. The van der Waals surface area contributed by atoms with E-state index < -0.39 is 10.0 Å². The van der Waals surface area contributed by atoms with E-state index in [-0.39, 0.29) is 11.3 Å². The maximum Gasteiger partial charge on any atom is 0.214 e. The zero-order valence-corrected chi connectivity index (χ0v) is 13.3. The minimum absolute atomic E-state index is 0.135. The summed E-state index contributed by atoms with van der Waals surface area (Å²) >= 11 is 3.52. The molecule has 0 heterocycles. The fourth-order valence-corrected chi connectivity index (χ4v) is 5.88. The largest absolute Gasteiger partial charge is 0.214 e. The summed E-state index contributed by atoms with van der Waals surface area (Å²) in [6.07, 6.45) is 9.56. The summed E-state index contributed by atoms with van der Waals surface area (Å²) in [7, 11) is -3.10. The van der Waals surface area contributed by atoms with E-state index in [1.807, 2.05) is 0 Å². The Labute approximate surface area is 119 Å². The van der Waals surface area contributed by atoms with E-state index in [2.05, 4.69) is 20.7 Å². The highest BCUT2D eigenvalue weighted by atomic mass is 79.9. The second-order valence-corrected chi connectivity index (χ2v) is 8.37. The number of nitrogens with one attached hydrogen (secondary N) is 1. The maximum atomic E-state index is 12.4. The van der Waals surface area contributed by atoms with Crippen LogP contribution in [0.4, 0.5) is 0 Å². The topological polar surface area (TPSA) is 46.2 Å². The van der Waals surface area contributed by atoms with Crippen molar-refractivity contribution in [3.63, 3.8) is 0 Å². The molecule has 0 aromatic heterocycles. The lowest BCUT2D eigenvalue weighted by Gasteiger charge is -2.32. The molecule has 2 rings (SSSR count). The highest BCUT2D eigenvalue weighted by Gasteiger charge is 2.33. The van der Waals surface area contributed by atoms with Gasteiger partial charge in [0.15, 0.2) is 0 Å². The Balaban J connectivity index is 1.97. The molecule has 0 aromatic rings. The quantitative estimate of drug-likeness (QED) is 0.800. The van der Waals surface area contributed by atoms with Crippen LogP contribution in [0.1, 0.15) is 57.8 Å². The molecule has 0 bridgehead atoms. The molecule has 2 atom stereocenters. The van der Waals surface area contributed by atoms with Gasteiger partial charge in [-0.2, -0.15) is 0 Å². The highest BCUT2D eigenvalue weighted by molar-refractivity contribution is 9.09. The second-order valence-electron chi connectivity index (χ2n) is 5.73. The average molecular weight is 338 g/mol. The molecule has 2 aliphatic carbocycles. The summed E-state index contributed by atoms with van der Waals surface area (Å²) in [5.74, 6) is 0.470. The molecule has 2 saturated carbocycles. The maximum absolute atomic E-state index is 12.4. The molecule has 0 radical (unpaired) electrons. The van der Waals surface area contributed by atoms with Crippen molar-refractivity contribution in [3.05, 3.63) is 0 Å². The molecule has 0 aliphatic heterocycles. The van der Waals surface area contributed by atoms with Crippen LogP contribution in [-0.2, 0) is 10.0 Å². The summed E-state index contributed by atoms with van der Waals surface area (Å²) in [5, 5.41) is 0.773. The number of alkyl halides is 1. The third kappa shape index (κ3) is 3.70. The van der Waals surface area contributed by atoms with E-state index >= 15 is 0 Å². The first kappa shape index (κ1) is 14.8. The summed E-state index contributed by atoms with van der Waals surface area (Å²) in [6.45, 7) is 0. The van der Waals surface area contributed by atoms with Crippen LogP contribution in [-0.4, -0.2) is 25.0 Å². The Morgan fingerprint density at radius 3 is 2.22 bits per heavy atom. The van der Waals surface area contributed by atoms with Crippen molar-refractivity contribution in [2.75, 3.05) is 5.33 Å². The predicted molar refractivity (Wildman–Crippen MR) is 78.5 cm³/mol. The molecule has 1 N–H and O–H groups in total. The van der Waals surface area contributed by atoms with Gasteiger partial charge in [-0.3, -0.25) is 0 Å². The Bertz CT molecular complexity index is 352. The lowest BCUT2D eigenvalue weighted by molar-refractivity contribution is 0.314. The van der Waals surface area contributed by atoms with Gasteiger partial charge in [0.05, 0.1) is 5.25 Å². The van der Waals surface area contributed by atoms with Gasteiger partial charge >= 0.3 is 0 Å². The smallest absolute Gasteiger partial charge is 0.212 e. The van der Waals surface area contributed by atoms with Crippen molar-refractivity contribution in [1.29, 1.82) is 0 Å². The number of hydrogen-bond acceptors (Lipinski definition) is 2. The Morgan fingerprint density at radius 2 is 1.56 bits per heavy atom. The van der Waals surface area contributed by atoms with Gasteiger partial charge in [0.1, 0.15) is 0 Å². The van der Waals surface area contributed by atoms with E-state index in [9.17, 15) is 8.42 Å². The lowest BCUT2D eigenvalue weighted by Crippen LogP contribution is -2.46. The fourth-order valence-electron chi connectivity index (χ4n) is 3.23. The standard InChI is InChI=1S/C13H24BrNO2S/c14-10-11-6-4-5-9-13(11)15-18(16,17)12-7-2-1-3-8-12/h11-13,15H,1-10H2.